The van der Waals surface area contributed by atoms with Crippen LogP contribution in [0.15, 0.2) is 18.2 Å². The minimum Gasteiger partial charge on any atom is -0.464 e. The van der Waals surface area contributed by atoms with Crippen LogP contribution in [0.1, 0.15) is 61.4 Å². The fourth-order valence-electron chi connectivity index (χ4n) is 6.86. The molecule has 3 aliphatic carbocycles. The molecule has 6 unspecified atom stereocenters. The van der Waals surface area contributed by atoms with Gasteiger partial charge in [-0.25, -0.2) is 4.79 Å². The van der Waals surface area contributed by atoms with E-state index in [0.717, 1.165) is 50.0 Å². The number of carbonyl (C=O) groups is 1. The molecule has 9 heteroatoms. The Hall–Kier alpha value is -1.84. The Morgan fingerprint density at radius 3 is 2.67 bits per heavy atom. The number of alkyl halides is 3. The highest BCUT2D eigenvalue weighted by atomic mass is 19.4. The summed E-state index contributed by atoms with van der Waals surface area (Å²) >= 11 is 0. The molecule has 1 heterocycles. The zero-order valence-electron chi connectivity index (χ0n) is 20.8. The molecule has 4 fully saturated rings. The van der Waals surface area contributed by atoms with Crippen LogP contribution in [-0.4, -0.2) is 62.7 Å². The molecule has 5 rings (SSSR count). The van der Waals surface area contributed by atoms with Crippen LogP contribution in [0.5, 0.6) is 5.75 Å². The van der Waals surface area contributed by atoms with E-state index in [2.05, 4.69) is 4.90 Å². The molecule has 200 valence electrons. The maximum atomic E-state index is 13.8. The van der Waals surface area contributed by atoms with Crippen molar-refractivity contribution >= 4 is 5.97 Å². The molecule has 1 aliphatic heterocycles. The molecule has 1 saturated heterocycles. The van der Waals surface area contributed by atoms with E-state index >= 15 is 0 Å². The Kier molecular flexibility index (Phi) is 7.79. The maximum Gasteiger partial charge on any atom is 0.419 e. The van der Waals surface area contributed by atoms with E-state index in [4.69, 9.17) is 18.9 Å². The molecule has 0 spiro atoms. The third-order valence-corrected chi connectivity index (χ3v) is 8.55. The van der Waals surface area contributed by atoms with Gasteiger partial charge in [0.25, 0.3) is 0 Å². The Balaban J connectivity index is 1.24. The highest BCUT2D eigenvalue weighted by Gasteiger charge is 2.54. The van der Waals surface area contributed by atoms with Gasteiger partial charge in [0.2, 0.25) is 0 Å². The van der Waals surface area contributed by atoms with Crippen LogP contribution in [0.2, 0.25) is 0 Å². The summed E-state index contributed by atoms with van der Waals surface area (Å²) < 4.78 is 64.0. The first-order valence-electron chi connectivity index (χ1n) is 13.3. The summed E-state index contributed by atoms with van der Waals surface area (Å²) in [5.74, 6) is 1.59. The Bertz CT molecular complexity index is 919. The molecule has 1 aromatic rings. The Morgan fingerprint density at radius 2 is 1.92 bits per heavy atom. The largest absolute Gasteiger partial charge is 0.464 e. The van der Waals surface area contributed by atoms with Crippen molar-refractivity contribution in [1.29, 1.82) is 0 Å². The van der Waals surface area contributed by atoms with Crippen LogP contribution in [0.25, 0.3) is 0 Å². The molecular weight excluding hydrogens is 475 g/mol. The summed E-state index contributed by atoms with van der Waals surface area (Å²) in [6, 6.07) is 3.17. The van der Waals surface area contributed by atoms with Crippen LogP contribution in [0.4, 0.5) is 13.2 Å². The number of benzene rings is 1. The molecule has 0 amide bonds. The number of hydrogen-bond acceptors (Lipinski definition) is 6. The van der Waals surface area contributed by atoms with E-state index in [1.165, 1.54) is 19.3 Å². The van der Waals surface area contributed by atoms with E-state index < -0.39 is 24.0 Å². The molecule has 0 aromatic heterocycles. The highest BCUT2D eigenvalue weighted by Crippen LogP contribution is 2.59. The predicted molar refractivity (Wildman–Crippen MR) is 126 cm³/mol. The zero-order chi connectivity index (χ0) is 25.3. The zero-order valence-corrected chi connectivity index (χ0v) is 20.8. The number of morpholine rings is 1. The van der Waals surface area contributed by atoms with Crippen molar-refractivity contribution in [3.05, 3.63) is 29.3 Å². The molecule has 6 nitrogen and oxygen atoms in total. The molecule has 2 bridgehead atoms. The minimum absolute atomic E-state index is 0.0296. The van der Waals surface area contributed by atoms with Crippen molar-refractivity contribution in [2.24, 2.45) is 23.7 Å². The van der Waals surface area contributed by atoms with E-state index in [-0.39, 0.29) is 24.0 Å². The smallest absolute Gasteiger partial charge is 0.419 e. The summed E-state index contributed by atoms with van der Waals surface area (Å²) in [5, 5.41) is 0. The molecule has 0 radical (unpaired) electrons. The van der Waals surface area contributed by atoms with E-state index in [9.17, 15) is 18.0 Å². The lowest BCUT2D eigenvalue weighted by Gasteiger charge is -2.34. The van der Waals surface area contributed by atoms with Crippen molar-refractivity contribution in [3.8, 4) is 5.75 Å². The van der Waals surface area contributed by atoms with Gasteiger partial charge in [-0.3, -0.25) is 4.90 Å². The average Bonchev–Trinajstić information content (AvgIpc) is 3.58. The summed E-state index contributed by atoms with van der Waals surface area (Å²) in [6.07, 6.45) is 0.956. The first-order chi connectivity index (χ1) is 17.3. The van der Waals surface area contributed by atoms with E-state index in [1.54, 1.807) is 0 Å². The Labute approximate surface area is 210 Å². The van der Waals surface area contributed by atoms with Gasteiger partial charge in [0.15, 0.2) is 6.29 Å². The predicted octanol–water partition coefficient (Wildman–Crippen LogP) is 5.15. The average molecular weight is 512 g/mol. The van der Waals surface area contributed by atoms with Gasteiger partial charge in [0.1, 0.15) is 12.4 Å². The van der Waals surface area contributed by atoms with Gasteiger partial charge < -0.3 is 18.9 Å². The summed E-state index contributed by atoms with van der Waals surface area (Å²) in [6.45, 7) is 5.35. The minimum atomic E-state index is -4.62. The van der Waals surface area contributed by atoms with Gasteiger partial charge in [0.05, 0.1) is 30.4 Å². The molecule has 3 saturated carbocycles. The molecule has 0 N–H and O–H groups in total. The molecule has 4 aliphatic rings. The van der Waals surface area contributed by atoms with Crippen LogP contribution >= 0.6 is 0 Å². The lowest BCUT2D eigenvalue weighted by Crippen LogP contribution is -2.38. The van der Waals surface area contributed by atoms with E-state index in [1.807, 2.05) is 6.92 Å². The van der Waals surface area contributed by atoms with Crippen LogP contribution < -0.4 is 4.74 Å². The van der Waals surface area contributed by atoms with Gasteiger partial charge in [-0.05, 0) is 67.6 Å². The van der Waals surface area contributed by atoms with E-state index in [0.29, 0.717) is 43.9 Å². The monoisotopic (exact) mass is 511 g/mol. The summed E-state index contributed by atoms with van der Waals surface area (Å²) in [5.41, 5.74) is -0.887. The van der Waals surface area contributed by atoms with Crippen LogP contribution in [-0.2, 0) is 20.4 Å². The number of ether oxygens (including phenoxy) is 4. The van der Waals surface area contributed by atoms with Crippen molar-refractivity contribution in [3.63, 3.8) is 0 Å². The van der Waals surface area contributed by atoms with Gasteiger partial charge >= 0.3 is 12.1 Å². The first-order valence-corrected chi connectivity index (χ1v) is 13.3. The fraction of sp³-hybridized carbons (Fsp3) is 0.741. The number of rotatable bonds is 9. The van der Waals surface area contributed by atoms with Gasteiger partial charge in [-0.2, -0.15) is 13.2 Å². The standard InChI is InChI=1S/C27H36F3NO5/c1-2-25(35-23-16-18-14-21(23)20-5-3-4-19(18)20)36-24-15-17(6-7-22(24)27(28,29)30)26(32)34-13-10-31-8-11-33-12-9-31/h6-7,15,18-21,23,25H,2-5,8-14,16H2,1H3. The van der Waals surface area contributed by atoms with Gasteiger partial charge in [-0.15, -0.1) is 0 Å². The van der Waals surface area contributed by atoms with Crippen LogP contribution in [0, 0.1) is 23.7 Å². The number of carbonyl (C=O) groups excluding carboxylic acids is 1. The fourth-order valence-corrected chi connectivity index (χ4v) is 6.86. The van der Waals surface area contributed by atoms with Crippen molar-refractivity contribution in [1.82, 2.24) is 4.90 Å². The Morgan fingerprint density at radius 1 is 1.14 bits per heavy atom. The topological polar surface area (TPSA) is 57.2 Å². The SMILES string of the molecule is CCC(Oc1cc(C(=O)OCCN2CCOCC2)ccc1C(F)(F)F)OC1CC2CC1C1CCCC21. The second-order valence-corrected chi connectivity index (χ2v) is 10.6. The van der Waals surface area contributed by atoms with Crippen molar-refractivity contribution in [2.75, 3.05) is 39.5 Å². The third kappa shape index (κ3) is 5.53. The number of fused-ring (bicyclic) bond motifs is 5. The summed E-state index contributed by atoms with van der Waals surface area (Å²) in [7, 11) is 0. The number of nitrogens with zero attached hydrogens (tertiary/aromatic N) is 1. The normalized spacial score (nSPS) is 30.8. The second-order valence-electron chi connectivity index (χ2n) is 10.6. The lowest BCUT2D eigenvalue weighted by molar-refractivity contribution is -0.155. The lowest BCUT2D eigenvalue weighted by atomic mass is 9.80. The first kappa shape index (κ1) is 25.8. The quantitative estimate of drug-likeness (QED) is 0.338. The molecule has 36 heavy (non-hydrogen) atoms. The summed E-state index contributed by atoms with van der Waals surface area (Å²) in [4.78, 5) is 14.7. The number of hydrogen-bond donors (Lipinski definition) is 0. The number of esters is 1. The van der Waals surface area contributed by atoms with Crippen molar-refractivity contribution < 1.29 is 36.9 Å². The highest BCUT2D eigenvalue weighted by molar-refractivity contribution is 5.90. The van der Waals surface area contributed by atoms with Gasteiger partial charge in [0, 0.05) is 26.1 Å². The van der Waals surface area contributed by atoms with Crippen LogP contribution in [0.3, 0.4) is 0 Å². The molecule has 6 atom stereocenters. The second kappa shape index (κ2) is 10.9. The maximum absolute atomic E-state index is 13.8. The molecule has 1 aromatic carbocycles. The molecular formula is C27H36F3NO5. The third-order valence-electron chi connectivity index (χ3n) is 8.55. The van der Waals surface area contributed by atoms with Crippen molar-refractivity contribution in [2.45, 2.75) is 64.0 Å². The number of halogens is 3. The van der Waals surface area contributed by atoms with Gasteiger partial charge in [-0.1, -0.05) is 13.3 Å².